The van der Waals surface area contributed by atoms with E-state index in [1.54, 1.807) is 6.07 Å². The van der Waals surface area contributed by atoms with Crippen LogP contribution >= 0.6 is 0 Å². The van der Waals surface area contributed by atoms with Crippen LogP contribution in [-0.4, -0.2) is 11.1 Å². The lowest BCUT2D eigenvalue weighted by atomic mass is 9.87. The first kappa shape index (κ1) is 18.4. The van der Waals surface area contributed by atoms with Crippen LogP contribution in [-0.2, 0) is 10.2 Å². The van der Waals surface area contributed by atoms with Crippen molar-refractivity contribution in [1.82, 2.24) is 0 Å². The van der Waals surface area contributed by atoms with Crippen LogP contribution < -0.4 is 0 Å². The van der Waals surface area contributed by atoms with Gasteiger partial charge in [-0.3, -0.25) is 4.79 Å². The van der Waals surface area contributed by atoms with Gasteiger partial charge in [-0.05, 0) is 72.2 Å². The molecule has 4 aromatic rings. The van der Waals surface area contributed by atoms with Gasteiger partial charge in [-0.15, -0.1) is 0 Å². The number of fused-ring (bicyclic) bond motifs is 1. The minimum Gasteiger partial charge on any atom is -0.481 e. The summed E-state index contributed by atoms with van der Waals surface area (Å²) in [7, 11) is 0. The first-order chi connectivity index (χ1) is 15.0. The van der Waals surface area contributed by atoms with Crippen molar-refractivity contribution in [2.24, 2.45) is 5.92 Å². The van der Waals surface area contributed by atoms with E-state index in [4.69, 9.17) is 9.52 Å². The van der Waals surface area contributed by atoms with Crippen LogP contribution in [0.4, 0.5) is 4.39 Å². The van der Waals surface area contributed by atoms with Crippen molar-refractivity contribution in [3.63, 3.8) is 0 Å². The third-order valence-corrected chi connectivity index (χ3v) is 6.94. The minimum absolute atomic E-state index is 0.0741. The van der Waals surface area contributed by atoms with Crippen molar-refractivity contribution in [1.29, 1.82) is 0 Å². The van der Waals surface area contributed by atoms with Gasteiger partial charge in [0.15, 0.2) is 0 Å². The summed E-state index contributed by atoms with van der Waals surface area (Å²) in [6, 6.07) is 23.7. The highest BCUT2D eigenvalue weighted by atomic mass is 19.1. The molecule has 0 aliphatic heterocycles. The zero-order chi connectivity index (χ0) is 21.2. The molecule has 2 fully saturated rings. The van der Waals surface area contributed by atoms with Gasteiger partial charge in [-0.1, -0.05) is 42.5 Å². The summed E-state index contributed by atoms with van der Waals surface area (Å²) in [5, 5.41) is 10.1. The fraction of sp³-hybridized carbons (Fsp3) is 0.222. The van der Waals surface area contributed by atoms with Crippen molar-refractivity contribution in [2.45, 2.75) is 30.6 Å². The Morgan fingerprint density at radius 1 is 0.968 bits per heavy atom. The lowest BCUT2D eigenvalue weighted by molar-refractivity contribution is -0.138. The third-order valence-electron chi connectivity index (χ3n) is 6.94. The summed E-state index contributed by atoms with van der Waals surface area (Å²) in [5.41, 5.74) is 4.55. The second-order valence-corrected chi connectivity index (χ2v) is 8.84. The maximum atomic E-state index is 14.9. The molecule has 2 aliphatic rings. The van der Waals surface area contributed by atoms with E-state index in [1.807, 2.05) is 24.3 Å². The number of carboxylic acid groups (broad SMARTS) is 1. The summed E-state index contributed by atoms with van der Waals surface area (Å²) in [5.74, 6) is -1.19. The molecule has 1 N–H and O–H groups in total. The van der Waals surface area contributed by atoms with Crippen LogP contribution in [0.15, 0.2) is 77.2 Å². The summed E-state index contributed by atoms with van der Waals surface area (Å²) in [6.45, 7) is 0. The molecule has 0 amide bonds. The maximum absolute atomic E-state index is 14.9. The highest BCUT2D eigenvalue weighted by Crippen LogP contribution is 2.54. The van der Waals surface area contributed by atoms with Gasteiger partial charge < -0.3 is 9.52 Å². The van der Waals surface area contributed by atoms with Crippen molar-refractivity contribution < 1.29 is 18.7 Å². The Morgan fingerprint density at radius 3 is 2.45 bits per heavy atom. The van der Waals surface area contributed by atoms with Gasteiger partial charge in [0, 0.05) is 10.8 Å². The number of rotatable bonds is 5. The molecule has 1 heterocycles. The van der Waals surface area contributed by atoms with Crippen LogP contribution in [0.5, 0.6) is 0 Å². The molecule has 2 saturated carbocycles. The van der Waals surface area contributed by atoms with E-state index in [0.29, 0.717) is 17.7 Å². The zero-order valence-electron chi connectivity index (χ0n) is 16.8. The van der Waals surface area contributed by atoms with Gasteiger partial charge in [0.2, 0.25) is 0 Å². The Kier molecular flexibility index (Phi) is 3.88. The molecule has 2 unspecified atom stereocenters. The molecule has 3 nitrogen and oxygen atoms in total. The molecule has 0 bridgehead atoms. The standard InChI is InChI=1S/C27H21FO3/c28-23-13-16(21-15-22(21)26(29)30)6-8-20(23)25-14-17-12-19(7-9-24(17)31-25)27(10-11-27)18-4-2-1-3-5-18/h1-9,12-14,21-22H,10-11,15H2,(H,29,30). The highest BCUT2D eigenvalue weighted by molar-refractivity contribution is 5.84. The number of aliphatic carboxylic acids is 1. The van der Waals surface area contributed by atoms with E-state index in [9.17, 15) is 9.18 Å². The first-order valence-electron chi connectivity index (χ1n) is 10.7. The van der Waals surface area contributed by atoms with Gasteiger partial charge in [0.05, 0.1) is 11.5 Å². The topological polar surface area (TPSA) is 50.4 Å². The molecular weight excluding hydrogens is 391 g/mol. The third kappa shape index (κ3) is 2.97. The van der Waals surface area contributed by atoms with Gasteiger partial charge in [0.25, 0.3) is 0 Å². The predicted octanol–water partition coefficient (Wildman–Crippen LogP) is 6.51. The molecule has 31 heavy (non-hydrogen) atoms. The maximum Gasteiger partial charge on any atom is 0.307 e. The average molecular weight is 412 g/mol. The number of benzene rings is 3. The molecule has 0 radical (unpaired) electrons. The molecule has 6 rings (SSSR count). The normalized spacial score (nSPS) is 21.2. The Hall–Kier alpha value is -3.40. The van der Waals surface area contributed by atoms with Crippen LogP contribution in [0, 0.1) is 11.7 Å². The number of halogens is 1. The van der Waals surface area contributed by atoms with Gasteiger partial charge in [-0.25, -0.2) is 4.39 Å². The highest BCUT2D eigenvalue weighted by Gasteiger charge is 2.46. The van der Waals surface area contributed by atoms with Crippen LogP contribution in [0.25, 0.3) is 22.3 Å². The average Bonchev–Trinajstić information content (AvgIpc) is 3.69. The molecule has 154 valence electrons. The summed E-state index contributed by atoms with van der Waals surface area (Å²) in [4.78, 5) is 11.1. The van der Waals surface area contributed by atoms with E-state index < -0.39 is 11.9 Å². The van der Waals surface area contributed by atoms with E-state index in [2.05, 4.69) is 36.4 Å². The van der Waals surface area contributed by atoms with Crippen molar-refractivity contribution in [3.8, 4) is 11.3 Å². The summed E-state index contributed by atoms with van der Waals surface area (Å²) < 4.78 is 20.8. The molecular formula is C27H21FO3. The molecule has 0 saturated heterocycles. The first-order valence-corrected chi connectivity index (χ1v) is 10.7. The van der Waals surface area contributed by atoms with Crippen molar-refractivity contribution in [2.75, 3.05) is 0 Å². The Balaban J connectivity index is 1.33. The number of carbonyl (C=O) groups is 1. The Morgan fingerprint density at radius 2 is 1.77 bits per heavy atom. The monoisotopic (exact) mass is 412 g/mol. The number of carboxylic acids is 1. The molecule has 2 aliphatic carbocycles. The largest absolute Gasteiger partial charge is 0.481 e. The molecule has 0 spiro atoms. The molecule has 2 atom stereocenters. The van der Waals surface area contributed by atoms with Gasteiger partial charge in [0.1, 0.15) is 17.2 Å². The number of hydrogen-bond acceptors (Lipinski definition) is 2. The smallest absolute Gasteiger partial charge is 0.307 e. The second kappa shape index (κ2) is 6.55. The predicted molar refractivity (Wildman–Crippen MR) is 117 cm³/mol. The molecule has 4 heteroatoms. The number of hydrogen-bond donors (Lipinski definition) is 1. The molecule has 1 aromatic heterocycles. The summed E-state index contributed by atoms with van der Waals surface area (Å²) >= 11 is 0. The fourth-order valence-electron chi connectivity index (χ4n) is 4.90. The quantitative estimate of drug-likeness (QED) is 0.407. The second-order valence-electron chi connectivity index (χ2n) is 8.84. The zero-order valence-corrected chi connectivity index (χ0v) is 16.8. The van der Waals surface area contributed by atoms with E-state index in [-0.39, 0.29) is 17.2 Å². The van der Waals surface area contributed by atoms with E-state index >= 15 is 0 Å². The van der Waals surface area contributed by atoms with E-state index in [1.165, 1.54) is 17.2 Å². The van der Waals surface area contributed by atoms with E-state index in [0.717, 1.165) is 29.4 Å². The van der Waals surface area contributed by atoms with Crippen LogP contribution in [0.2, 0.25) is 0 Å². The summed E-state index contributed by atoms with van der Waals surface area (Å²) in [6.07, 6.45) is 2.83. The lowest BCUT2D eigenvalue weighted by Crippen LogP contribution is -2.07. The number of furan rings is 1. The van der Waals surface area contributed by atoms with Crippen LogP contribution in [0.3, 0.4) is 0 Å². The molecule has 3 aromatic carbocycles. The van der Waals surface area contributed by atoms with Gasteiger partial charge >= 0.3 is 5.97 Å². The SMILES string of the molecule is O=C(O)C1CC1c1ccc(-c2cc3cc(C4(c5ccccc5)CC4)ccc3o2)c(F)c1. The van der Waals surface area contributed by atoms with Gasteiger partial charge in [-0.2, -0.15) is 0 Å². The van der Waals surface area contributed by atoms with Crippen LogP contribution in [0.1, 0.15) is 41.9 Å². The Bertz CT molecular complexity index is 1320. The lowest BCUT2D eigenvalue weighted by Gasteiger charge is -2.16. The Labute approximate surface area is 179 Å². The fourth-order valence-corrected chi connectivity index (χ4v) is 4.90. The minimum atomic E-state index is -0.813. The van der Waals surface area contributed by atoms with Crippen molar-refractivity contribution in [3.05, 3.63) is 95.3 Å². The van der Waals surface area contributed by atoms with Crippen molar-refractivity contribution >= 4 is 16.9 Å².